The van der Waals surface area contributed by atoms with Crippen LogP contribution in [0.1, 0.15) is 17.5 Å². The predicted octanol–water partition coefficient (Wildman–Crippen LogP) is 0.870. The molecular formula is C15H21N5O. The molecule has 1 aliphatic rings. The van der Waals surface area contributed by atoms with Gasteiger partial charge in [-0.25, -0.2) is 4.68 Å². The molecule has 3 rings (SSSR count). The van der Waals surface area contributed by atoms with Crippen LogP contribution in [0, 0.1) is 13.8 Å². The summed E-state index contributed by atoms with van der Waals surface area (Å²) in [5, 5.41) is 11.6. The third-order valence-electron chi connectivity index (χ3n) is 4.14. The van der Waals surface area contributed by atoms with Crippen molar-refractivity contribution in [1.29, 1.82) is 0 Å². The van der Waals surface area contributed by atoms with Crippen molar-refractivity contribution in [2.45, 2.75) is 26.8 Å². The Hall–Kier alpha value is -1.95. The fourth-order valence-corrected chi connectivity index (χ4v) is 2.66. The zero-order valence-electron chi connectivity index (χ0n) is 12.6. The second-order valence-electron chi connectivity index (χ2n) is 5.62. The van der Waals surface area contributed by atoms with Crippen molar-refractivity contribution in [1.82, 2.24) is 25.2 Å². The highest BCUT2D eigenvalue weighted by Crippen LogP contribution is 2.17. The van der Waals surface area contributed by atoms with Gasteiger partial charge in [0.25, 0.3) is 0 Å². The predicted molar refractivity (Wildman–Crippen MR) is 81.1 cm³/mol. The Morgan fingerprint density at radius 2 is 1.95 bits per heavy atom. The highest BCUT2D eigenvalue weighted by Gasteiger charge is 2.16. The maximum Gasteiger partial charge on any atom is 0.224 e. The van der Waals surface area contributed by atoms with Crippen molar-refractivity contribution < 1.29 is 4.79 Å². The molecule has 112 valence electrons. The van der Waals surface area contributed by atoms with Crippen molar-refractivity contribution in [2.24, 2.45) is 0 Å². The van der Waals surface area contributed by atoms with Gasteiger partial charge in [0.2, 0.25) is 5.91 Å². The van der Waals surface area contributed by atoms with Crippen LogP contribution in [0.3, 0.4) is 0 Å². The molecule has 0 atom stereocenters. The molecule has 0 saturated carbocycles. The van der Waals surface area contributed by atoms with E-state index in [1.807, 2.05) is 15.6 Å². The minimum absolute atomic E-state index is 0.198. The Morgan fingerprint density at radius 3 is 2.71 bits per heavy atom. The smallest absolute Gasteiger partial charge is 0.224 e. The van der Waals surface area contributed by atoms with Gasteiger partial charge in [-0.15, -0.1) is 5.10 Å². The molecule has 0 unspecified atom stereocenters. The molecule has 0 aliphatic carbocycles. The van der Waals surface area contributed by atoms with Crippen LogP contribution >= 0.6 is 0 Å². The molecule has 1 aromatic carbocycles. The van der Waals surface area contributed by atoms with Gasteiger partial charge in [0.1, 0.15) is 5.52 Å². The lowest BCUT2D eigenvalue weighted by Crippen LogP contribution is -2.46. The minimum atomic E-state index is 0.198. The molecule has 1 aromatic heterocycles. The molecule has 1 fully saturated rings. The van der Waals surface area contributed by atoms with E-state index in [-0.39, 0.29) is 5.91 Å². The molecule has 0 radical (unpaired) electrons. The van der Waals surface area contributed by atoms with Crippen LogP contribution in [0.25, 0.3) is 11.0 Å². The molecule has 1 amide bonds. The first-order valence-corrected chi connectivity index (χ1v) is 7.44. The quantitative estimate of drug-likeness (QED) is 0.910. The fraction of sp³-hybridized carbons (Fsp3) is 0.533. The molecule has 2 heterocycles. The summed E-state index contributed by atoms with van der Waals surface area (Å²) in [5.74, 6) is 0.198. The lowest BCUT2D eigenvalue weighted by atomic mass is 10.1. The first-order valence-electron chi connectivity index (χ1n) is 7.44. The van der Waals surface area contributed by atoms with E-state index in [1.165, 1.54) is 11.1 Å². The largest absolute Gasteiger partial charge is 0.340 e. The van der Waals surface area contributed by atoms with Gasteiger partial charge in [0.05, 0.1) is 12.1 Å². The van der Waals surface area contributed by atoms with Crippen molar-refractivity contribution in [2.75, 3.05) is 26.2 Å². The summed E-state index contributed by atoms with van der Waals surface area (Å²) in [6.07, 6.45) is 0.478. The fourth-order valence-electron chi connectivity index (χ4n) is 2.66. The Labute approximate surface area is 124 Å². The van der Waals surface area contributed by atoms with Crippen molar-refractivity contribution in [3.63, 3.8) is 0 Å². The number of piperazine rings is 1. The van der Waals surface area contributed by atoms with E-state index in [1.54, 1.807) is 0 Å². The number of rotatable bonds is 3. The molecule has 1 saturated heterocycles. The van der Waals surface area contributed by atoms with E-state index < -0.39 is 0 Å². The van der Waals surface area contributed by atoms with Crippen LogP contribution in [0.4, 0.5) is 0 Å². The van der Waals surface area contributed by atoms with Crippen LogP contribution in [0.2, 0.25) is 0 Å². The number of aryl methyl sites for hydroxylation is 3. The average Bonchev–Trinajstić information content (AvgIpc) is 2.88. The highest BCUT2D eigenvalue weighted by molar-refractivity contribution is 5.78. The van der Waals surface area contributed by atoms with Crippen LogP contribution in [0.5, 0.6) is 0 Å². The second kappa shape index (κ2) is 5.81. The van der Waals surface area contributed by atoms with Crippen molar-refractivity contribution in [3.8, 4) is 0 Å². The molecule has 0 bridgehead atoms. The number of fused-ring (bicyclic) bond motifs is 1. The van der Waals surface area contributed by atoms with E-state index >= 15 is 0 Å². The Kier molecular flexibility index (Phi) is 3.88. The number of amides is 1. The maximum absolute atomic E-state index is 12.2. The first kappa shape index (κ1) is 14.0. The summed E-state index contributed by atoms with van der Waals surface area (Å²) in [5.41, 5.74) is 4.34. The number of hydrogen-bond donors (Lipinski definition) is 1. The van der Waals surface area contributed by atoms with Crippen LogP contribution in [0.15, 0.2) is 12.1 Å². The Morgan fingerprint density at radius 1 is 1.24 bits per heavy atom. The van der Waals surface area contributed by atoms with E-state index in [0.717, 1.165) is 37.2 Å². The summed E-state index contributed by atoms with van der Waals surface area (Å²) >= 11 is 0. The Bertz CT molecular complexity index is 657. The summed E-state index contributed by atoms with van der Waals surface area (Å²) in [4.78, 5) is 14.1. The molecule has 0 spiro atoms. The molecule has 6 heteroatoms. The molecule has 6 nitrogen and oxygen atoms in total. The lowest BCUT2D eigenvalue weighted by Gasteiger charge is -2.27. The number of benzene rings is 1. The SMILES string of the molecule is Cc1cc2nnn(CCC(=O)N3CCNCC3)c2cc1C. The standard InChI is InChI=1S/C15H21N5O/c1-11-9-13-14(10-12(11)2)20(18-17-13)6-3-15(21)19-7-4-16-5-8-19/h9-10,16H,3-8H2,1-2H3. The van der Waals surface area contributed by atoms with Gasteiger partial charge >= 0.3 is 0 Å². The second-order valence-corrected chi connectivity index (χ2v) is 5.62. The minimum Gasteiger partial charge on any atom is -0.340 e. The summed E-state index contributed by atoms with van der Waals surface area (Å²) in [6, 6.07) is 4.15. The monoisotopic (exact) mass is 287 g/mol. The number of aromatic nitrogens is 3. The van der Waals surface area contributed by atoms with Crippen molar-refractivity contribution in [3.05, 3.63) is 23.3 Å². The molecular weight excluding hydrogens is 266 g/mol. The average molecular weight is 287 g/mol. The van der Waals surface area contributed by atoms with Crippen LogP contribution in [-0.2, 0) is 11.3 Å². The van der Waals surface area contributed by atoms with Gasteiger partial charge < -0.3 is 10.2 Å². The summed E-state index contributed by atoms with van der Waals surface area (Å²) in [7, 11) is 0. The maximum atomic E-state index is 12.2. The molecule has 21 heavy (non-hydrogen) atoms. The zero-order valence-corrected chi connectivity index (χ0v) is 12.6. The normalized spacial score (nSPS) is 15.6. The number of carbonyl (C=O) groups is 1. The summed E-state index contributed by atoms with van der Waals surface area (Å²) < 4.78 is 1.84. The number of nitrogens with zero attached hydrogens (tertiary/aromatic N) is 4. The molecule has 1 aliphatic heterocycles. The van der Waals surface area contributed by atoms with E-state index in [9.17, 15) is 4.79 Å². The van der Waals surface area contributed by atoms with Gasteiger partial charge in [-0.2, -0.15) is 0 Å². The van der Waals surface area contributed by atoms with Crippen molar-refractivity contribution >= 4 is 16.9 Å². The number of hydrogen-bond acceptors (Lipinski definition) is 4. The number of nitrogens with one attached hydrogen (secondary N) is 1. The van der Waals surface area contributed by atoms with E-state index in [0.29, 0.717) is 13.0 Å². The van der Waals surface area contributed by atoms with Crippen LogP contribution in [-0.4, -0.2) is 52.0 Å². The van der Waals surface area contributed by atoms with E-state index in [4.69, 9.17) is 0 Å². The zero-order chi connectivity index (χ0) is 14.8. The van der Waals surface area contributed by atoms with E-state index in [2.05, 4.69) is 35.5 Å². The molecule has 2 aromatic rings. The number of carbonyl (C=O) groups excluding carboxylic acids is 1. The lowest BCUT2D eigenvalue weighted by molar-refractivity contribution is -0.132. The molecule has 1 N–H and O–H groups in total. The van der Waals surface area contributed by atoms with Gasteiger partial charge in [0, 0.05) is 32.6 Å². The first-order chi connectivity index (χ1) is 10.1. The van der Waals surface area contributed by atoms with Gasteiger partial charge in [-0.3, -0.25) is 4.79 Å². The van der Waals surface area contributed by atoms with Gasteiger partial charge in [-0.1, -0.05) is 5.21 Å². The topological polar surface area (TPSA) is 63.1 Å². The highest BCUT2D eigenvalue weighted by atomic mass is 16.2. The third-order valence-corrected chi connectivity index (χ3v) is 4.14. The summed E-state index contributed by atoms with van der Waals surface area (Å²) in [6.45, 7) is 8.11. The van der Waals surface area contributed by atoms with Crippen LogP contribution < -0.4 is 5.32 Å². The Balaban J connectivity index is 1.70. The third kappa shape index (κ3) is 2.90. The van der Waals surface area contributed by atoms with Gasteiger partial charge in [-0.05, 0) is 37.1 Å². The van der Waals surface area contributed by atoms with Gasteiger partial charge in [0.15, 0.2) is 0 Å².